The van der Waals surface area contributed by atoms with Crippen molar-refractivity contribution >= 4 is 24.2 Å². The Bertz CT molecular complexity index is 779. The molecule has 0 unspecified atom stereocenters. The van der Waals surface area contributed by atoms with Crippen LogP contribution in [-0.2, 0) is 6.42 Å². The van der Waals surface area contributed by atoms with Crippen molar-refractivity contribution in [3.8, 4) is 5.75 Å². The average molecular weight is 360 g/mol. The smallest absolute Gasteiger partial charge is 0.216 e. The van der Waals surface area contributed by atoms with Gasteiger partial charge in [-0.3, -0.25) is 9.89 Å². The Hall–Kier alpha value is -2.28. The quantitative estimate of drug-likeness (QED) is 0.299. The molecule has 0 saturated carbocycles. The van der Waals surface area contributed by atoms with E-state index in [1.54, 1.807) is 6.07 Å². The van der Waals surface area contributed by atoms with Crippen LogP contribution in [-0.4, -0.2) is 33.5 Å². The first-order valence-electron chi connectivity index (χ1n) is 8.64. The van der Waals surface area contributed by atoms with Gasteiger partial charge >= 0.3 is 0 Å². The number of Topliss-reactive ketones (excluding diaryl/α,β-unsaturated/α-hetero) is 1. The van der Waals surface area contributed by atoms with Gasteiger partial charge in [0.25, 0.3) is 0 Å². The number of hydrogen-bond donors (Lipinski definition) is 1. The van der Waals surface area contributed by atoms with Crippen LogP contribution in [0.25, 0.3) is 0 Å². The third-order valence-electron chi connectivity index (χ3n) is 3.73. The highest BCUT2D eigenvalue weighted by Crippen LogP contribution is 2.18. The molecule has 7 heteroatoms. The van der Waals surface area contributed by atoms with Gasteiger partial charge in [0, 0.05) is 6.42 Å². The number of nitrogens with one attached hydrogen (secondary N) is 1. The molecule has 6 nitrogen and oxygen atoms in total. The van der Waals surface area contributed by atoms with Crippen molar-refractivity contribution in [1.29, 1.82) is 0 Å². The summed E-state index contributed by atoms with van der Waals surface area (Å²) in [7, 11) is 0. The van der Waals surface area contributed by atoms with E-state index in [1.165, 1.54) is 23.7 Å². The lowest BCUT2D eigenvalue weighted by Gasteiger charge is -2.09. The van der Waals surface area contributed by atoms with Crippen molar-refractivity contribution in [2.75, 3.05) is 6.61 Å². The van der Waals surface area contributed by atoms with Gasteiger partial charge in [0.15, 0.2) is 5.82 Å². The van der Waals surface area contributed by atoms with Gasteiger partial charge in [-0.1, -0.05) is 45.2 Å². The van der Waals surface area contributed by atoms with E-state index in [2.05, 4.69) is 22.2 Å². The van der Waals surface area contributed by atoms with Crippen molar-refractivity contribution in [3.63, 3.8) is 0 Å². The number of rotatable bonds is 10. The topological polar surface area (TPSA) is 72.3 Å². The lowest BCUT2D eigenvalue weighted by atomic mass is 10.1. The molecule has 0 saturated heterocycles. The van der Waals surface area contributed by atoms with E-state index in [9.17, 15) is 4.79 Å². The Morgan fingerprint density at radius 2 is 2.12 bits per heavy atom. The molecule has 1 aromatic heterocycles. The fourth-order valence-electron chi connectivity index (χ4n) is 2.36. The Morgan fingerprint density at radius 3 is 2.88 bits per heavy atom. The fourth-order valence-corrected chi connectivity index (χ4v) is 2.56. The highest BCUT2D eigenvalue weighted by molar-refractivity contribution is 7.71. The zero-order valence-corrected chi connectivity index (χ0v) is 15.5. The second-order valence-corrected chi connectivity index (χ2v) is 6.01. The molecule has 1 N–H and O–H groups in total. The fraction of sp³-hybridized carbons (Fsp3) is 0.444. The standard InChI is InChI=1S/C18H24N4O2S/c1-3-5-6-9-12-24-16-11-8-7-10-14(16)15(23)13-19-22-17(4-2)20-21-18(22)25/h7-8,10-11,13H,3-6,9,12H2,1-2H3,(H,21,25)/b19-13-. The molecular weight excluding hydrogens is 336 g/mol. The minimum Gasteiger partial charge on any atom is -0.493 e. The molecule has 0 bridgehead atoms. The molecule has 1 aromatic carbocycles. The number of aromatic amines is 1. The second-order valence-electron chi connectivity index (χ2n) is 5.62. The van der Waals surface area contributed by atoms with Crippen molar-refractivity contribution in [1.82, 2.24) is 14.9 Å². The highest BCUT2D eigenvalue weighted by Gasteiger charge is 2.11. The normalized spacial score (nSPS) is 11.1. The Morgan fingerprint density at radius 1 is 1.32 bits per heavy atom. The number of ketones is 1. The molecule has 0 aliphatic heterocycles. The third kappa shape index (κ3) is 5.35. The first kappa shape index (κ1) is 19.1. The zero-order chi connectivity index (χ0) is 18.1. The van der Waals surface area contributed by atoms with E-state index in [0.29, 0.717) is 34.9 Å². The Kier molecular flexibility index (Phi) is 7.53. The Labute approximate surface area is 152 Å². The highest BCUT2D eigenvalue weighted by atomic mass is 32.1. The zero-order valence-electron chi connectivity index (χ0n) is 14.7. The third-order valence-corrected chi connectivity index (χ3v) is 4.00. The average Bonchev–Trinajstić information content (AvgIpc) is 2.99. The molecule has 0 radical (unpaired) electrons. The maximum atomic E-state index is 12.5. The van der Waals surface area contributed by atoms with Gasteiger partial charge in [-0.25, -0.2) is 0 Å². The van der Waals surface area contributed by atoms with Crippen LogP contribution in [0.4, 0.5) is 0 Å². The van der Waals surface area contributed by atoms with E-state index in [1.807, 2.05) is 25.1 Å². The molecule has 0 spiro atoms. The van der Waals surface area contributed by atoms with Crippen LogP contribution in [0, 0.1) is 4.77 Å². The molecule has 0 aliphatic carbocycles. The molecule has 134 valence electrons. The maximum absolute atomic E-state index is 12.5. The molecule has 0 aliphatic rings. The van der Waals surface area contributed by atoms with Crippen molar-refractivity contribution in [2.24, 2.45) is 5.10 Å². The van der Waals surface area contributed by atoms with Gasteiger partial charge in [0.2, 0.25) is 10.6 Å². The van der Waals surface area contributed by atoms with E-state index in [4.69, 9.17) is 17.0 Å². The van der Waals surface area contributed by atoms with Crippen LogP contribution in [0.1, 0.15) is 55.7 Å². The van der Waals surface area contributed by atoms with Crippen LogP contribution in [0.5, 0.6) is 5.75 Å². The molecule has 2 aromatic rings. The Balaban J connectivity index is 2.07. The minimum absolute atomic E-state index is 0.227. The summed E-state index contributed by atoms with van der Waals surface area (Å²) in [5.74, 6) is 1.03. The summed E-state index contributed by atoms with van der Waals surface area (Å²) in [6.45, 7) is 4.72. The van der Waals surface area contributed by atoms with E-state index >= 15 is 0 Å². The number of nitrogens with zero attached hydrogens (tertiary/aromatic N) is 3. The summed E-state index contributed by atoms with van der Waals surface area (Å²) in [6, 6.07) is 7.22. The summed E-state index contributed by atoms with van der Waals surface area (Å²) in [5.41, 5.74) is 0.495. The number of carbonyl (C=O) groups is 1. The summed E-state index contributed by atoms with van der Waals surface area (Å²) in [6.07, 6.45) is 6.41. The predicted octanol–water partition coefficient (Wildman–Crippen LogP) is 4.18. The first-order valence-corrected chi connectivity index (χ1v) is 9.05. The van der Waals surface area contributed by atoms with Crippen molar-refractivity contribution < 1.29 is 9.53 Å². The van der Waals surface area contributed by atoms with Crippen LogP contribution >= 0.6 is 12.2 Å². The predicted molar refractivity (Wildman–Crippen MR) is 101 cm³/mol. The van der Waals surface area contributed by atoms with Crippen LogP contribution in [0.15, 0.2) is 29.4 Å². The van der Waals surface area contributed by atoms with Gasteiger partial charge in [-0.05, 0) is 30.8 Å². The molecule has 0 amide bonds. The SMILES string of the molecule is CCCCCCOc1ccccc1C(=O)/C=N\n1c(CC)n[nH]c1=S. The number of benzene rings is 1. The number of ether oxygens (including phenoxy) is 1. The number of aromatic nitrogens is 3. The van der Waals surface area contributed by atoms with Crippen LogP contribution in [0.3, 0.4) is 0 Å². The van der Waals surface area contributed by atoms with Crippen LogP contribution in [0.2, 0.25) is 0 Å². The number of carbonyl (C=O) groups excluding carboxylic acids is 1. The van der Waals surface area contributed by atoms with E-state index in [0.717, 1.165) is 12.8 Å². The second kappa shape index (κ2) is 9.88. The van der Waals surface area contributed by atoms with Crippen molar-refractivity contribution in [2.45, 2.75) is 46.0 Å². The van der Waals surface area contributed by atoms with Gasteiger partial charge in [0.1, 0.15) is 5.75 Å². The number of para-hydroxylation sites is 1. The summed E-state index contributed by atoms with van der Waals surface area (Å²) >= 11 is 5.12. The molecular formula is C18H24N4O2S. The number of aryl methyl sites for hydroxylation is 1. The maximum Gasteiger partial charge on any atom is 0.216 e. The van der Waals surface area contributed by atoms with Crippen molar-refractivity contribution in [3.05, 3.63) is 40.4 Å². The molecule has 0 fully saturated rings. The first-order chi connectivity index (χ1) is 12.2. The molecule has 2 rings (SSSR count). The minimum atomic E-state index is -0.227. The monoisotopic (exact) mass is 360 g/mol. The number of hydrogen-bond acceptors (Lipinski definition) is 5. The van der Waals surface area contributed by atoms with Gasteiger partial charge in [0.05, 0.1) is 18.4 Å². The lowest BCUT2D eigenvalue weighted by molar-refractivity contribution is 0.106. The largest absolute Gasteiger partial charge is 0.493 e. The number of unbranched alkanes of at least 4 members (excludes halogenated alkanes) is 3. The molecule has 25 heavy (non-hydrogen) atoms. The van der Waals surface area contributed by atoms with Crippen LogP contribution < -0.4 is 4.74 Å². The summed E-state index contributed by atoms with van der Waals surface area (Å²) < 4.78 is 7.60. The number of H-pyrrole nitrogens is 1. The van der Waals surface area contributed by atoms with E-state index < -0.39 is 0 Å². The molecule has 1 heterocycles. The summed E-state index contributed by atoms with van der Waals surface area (Å²) in [5, 5.41) is 10.9. The van der Waals surface area contributed by atoms with Gasteiger partial charge in [-0.2, -0.15) is 14.9 Å². The summed E-state index contributed by atoms with van der Waals surface area (Å²) in [4.78, 5) is 12.5. The van der Waals surface area contributed by atoms with Gasteiger partial charge in [-0.15, -0.1) is 0 Å². The lowest BCUT2D eigenvalue weighted by Crippen LogP contribution is -2.08. The molecule has 0 atom stereocenters. The van der Waals surface area contributed by atoms with E-state index in [-0.39, 0.29) is 5.78 Å². The van der Waals surface area contributed by atoms with Gasteiger partial charge < -0.3 is 4.74 Å².